The van der Waals surface area contributed by atoms with Gasteiger partial charge in [-0.25, -0.2) is 0 Å². The van der Waals surface area contributed by atoms with Gasteiger partial charge in [-0.05, 0) is 0 Å². The van der Waals surface area contributed by atoms with Gasteiger partial charge in [-0.3, -0.25) is 0 Å². The molecule has 0 radical (unpaired) electrons. The molecule has 12 heteroatoms. The van der Waals surface area contributed by atoms with Gasteiger partial charge in [-0.2, -0.15) is 0 Å². The first kappa shape index (κ1) is 21.3. The molecule has 2 aromatic rings. The SMILES string of the molecule is Cc1ccc(S(=O)(=O)OI2OC(C(F)(F)F)(C(F)(F)F)c3ccccc32)cc1. The summed E-state index contributed by atoms with van der Waals surface area (Å²) < 4.78 is 115. The van der Waals surface area contributed by atoms with Crippen LogP contribution in [0.15, 0.2) is 53.4 Å². The second-order valence-electron chi connectivity index (χ2n) is 5.78. The van der Waals surface area contributed by atoms with Gasteiger partial charge >= 0.3 is 164 Å². The molecule has 154 valence electrons. The fraction of sp³-hybridized carbons (Fsp3) is 0.250. The minimum absolute atomic E-state index is 0.395. The predicted octanol–water partition coefficient (Wildman–Crippen LogP) is 5.26. The molecule has 0 amide bonds. The molecule has 1 heterocycles. The van der Waals surface area contributed by atoms with E-state index in [1.807, 2.05) is 0 Å². The summed E-state index contributed by atoms with van der Waals surface area (Å²) in [5, 5.41) is 0. The number of alkyl halides is 6. The van der Waals surface area contributed by atoms with Gasteiger partial charge in [-0.15, -0.1) is 0 Å². The van der Waals surface area contributed by atoms with E-state index in [9.17, 15) is 34.8 Å². The molecule has 1 aliphatic rings. The summed E-state index contributed by atoms with van der Waals surface area (Å²) in [6.07, 6.45) is -11.7. The number of fused-ring (bicyclic) bond motifs is 1. The molecule has 0 aliphatic carbocycles. The van der Waals surface area contributed by atoms with Gasteiger partial charge in [0.05, 0.1) is 0 Å². The Labute approximate surface area is 164 Å². The van der Waals surface area contributed by atoms with Crippen LogP contribution in [-0.2, 0) is 21.3 Å². The Kier molecular flexibility index (Phi) is 5.22. The van der Waals surface area contributed by atoms with E-state index in [2.05, 4.69) is 3.07 Å². The third kappa shape index (κ3) is 3.39. The molecular weight excluding hydrogens is 529 g/mol. The number of halogens is 7. The van der Waals surface area contributed by atoms with Crippen LogP contribution in [0.1, 0.15) is 11.1 Å². The molecule has 0 aromatic heterocycles. The molecule has 0 unspecified atom stereocenters. The summed E-state index contributed by atoms with van der Waals surface area (Å²) in [6, 6.07) is 8.88. The molecule has 0 spiro atoms. The van der Waals surface area contributed by atoms with Crippen molar-refractivity contribution in [2.45, 2.75) is 29.8 Å². The second kappa shape index (κ2) is 6.85. The van der Waals surface area contributed by atoms with E-state index in [1.165, 1.54) is 18.2 Å². The average Bonchev–Trinajstić information content (AvgIpc) is 2.90. The van der Waals surface area contributed by atoms with Crippen molar-refractivity contribution in [3.63, 3.8) is 0 Å². The van der Waals surface area contributed by atoms with Gasteiger partial charge in [0.15, 0.2) is 0 Å². The predicted molar refractivity (Wildman–Crippen MR) is 93.5 cm³/mol. The van der Waals surface area contributed by atoms with E-state index in [0.717, 1.165) is 24.3 Å². The number of benzene rings is 2. The zero-order valence-electron chi connectivity index (χ0n) is 13.8. The van der Waals surface area contributed by atoms with Crippen LogP contribution in [0.25, 0.3) is 0 Å². The van der Waals surface area contributed by atoms with Gasteiger partial charge < -0.3 is 0 Å². The van der Waals surface area contributed by atoms with Crippen molar-refractivity contribution >= 4 is 30.8 Å². The summed E-state index contributed by atoms with van der Waals surface area (Å²) >= 11 is -4.36. The molecule has 0 N–H and O–H groups in total. The van der Waals surface area contributed by atoms with E-state index in [0.29, 0.717) is 11.6 Å². The van der Waals surface area contributed by atoms with E-state index in [4.69, 9.17) is 2.51 Å². The molecule has 0 atom stereocenters. The van der Waals surface area contributed by atoms with Crippen LogP contribution in [0.5, 0.6) is 0 Å². The standard InChI is InChI=1S/C16H11F6IO4S/c1-10-6-8-11(9-7-10)28(24,25)27-23-13-5-3-2-4-12(13)14(26-23,15(17,18)19)16(20,21)22/h2-9H,1H3. The first-order chi connectivity index (χ1) is 12.8. The van der Waals surface area contributed by atoms with Crippen molar-refractivity contribution in [3.8, 4) is 0 Å². The van der Waals surface area contributed by atoms with Gasteiger partial charge in [-0.1, -0.05) is 0 Å². The van der Waals surface area contributed by atoms with Crippen molar-refractivity contribution in [2.24, 2.45) is 0 Å². The zero-order valence-corrected chi connectivity index (χ0v) is 16.8. The Hall–Kier alpha value is -1.38. The molecule has 28 heavy (non-hydrogen) atoms. The Morgan fingerprint density at radius 2 is 1.46 bits per heavy atom. The molecule has 3 rings (SSSR count). The molecule has 1 aliphatic heterocycles. The Bertz CT molecular complexity index is 971. The van der Waals surface area contributed by atoms with Crippen LogP contribution in [0, 0.1) is 10.5 Å². The third-order valence-electron chi connectivity index (χ3n) is 3.85. The van der Waals surface area contributed by atoms with Crippen LogP contribution in [0.2, 0.25) is 0 Å². The molecule has 2 aromatic carbocycles. The van der Waals surface area contributed by atoms with Gasteiger partial charge in [0, 0.05) is 0 Å². The fourth-order valence-electron chi connectivity index (χ4n) is 2.49. The van der Waals surface area contributed by atoms with Crippen molar-refractivity contribution in [1.29, 1.82) is 0 Å². The molecule has 0 saturated heterocycles. The normalized spacial score (nSPS) is 18.2. The van der Waals surface area contributed by atoms with Crippen LogP contribution in [0.4, 0.5) is 26.3 Å². The molecule has 0 fully saturated rings. The van der Waals surface area contributed by atoms with Crippen molar-refractivity contribution in [2.75, 3.05) is 0 Å². The first-order valence-electron chi connectivity index (χ1n) is 7.44. The molecule has 4 nitrogen and oxygen atoms in total. The summed E-state index contributed by atoms with van der Waals surface area (Å²) in [4.78, 5) is -0.395. The summed E-state index contributed by atoms with van der Waals surface area (Å²) in [6.45, 7) is 1.67. The van der Waals surface area contributed by atoms with E-state index in [-0.39, 0.29) is 0 Å². The molecule has 0 saturated carbocycles. The van der Waals surface area contributed by atoms with Crippen LogP contribution in [0.3, 0.4) is 0 Å². The number of aryl methyl sites for hydroxylation is 1. The van der Waals surface area contributed by atoms with Gasteiger partial charge in [0.2, 0.25) is 0 Å². The van der Waals surface area contributed by atoms with Crippen LogP contribution >= 0.6 is 20.6 Å². The summed E-state index contributed by atoms with van der Waals surface area (Å²) in [7, 11) is -4.63. The van der Waals surface area contributed by atoms with Crippen molar-refractivity contribution < 1.29 is 40.3 Å². The maximum absolute atomic E-state index is 13.5. The summed E-state index contributed by atoms with van der Waals surface area (Å²) in [5.41, 5.74) is -5.13. The van der Waals surface area contributed by atoms with E-state index in [1.54, 1.807) is 6.92 Å². The molecular formula is C16H11F6IO4S. The topological polar surface area (TPSA) is 52.6 Å². The van der Waals surface area contributed by atoms with Crippen molar-refractivity contribution in [1.82, 2.24) is 0 Å². The Morgan fingerprint density at radius 3 is 2.00 bits per heavy atom. The maximum atomic E-state index is 13.5. The third-order valence-corrected chi connectivity index (χ3v) is 10.3. The Morgan fingerprint density at radius 1 is 0.929 bits per heavy atom. The fourth-order valence-corrected chi connectivity index (χ4v) is 9.10. The number of hydrogen-bond acceptors (Lipinski definition) is 4. The second-order valence-corrected chi connectivity index (χ2v) is 11.2. The quantitative estimate of drug-likeness (QED) is 0.394. The number of rotatable bonds is 3. The monoisotopic (exact) mass is 540 g/mol. The Balaban J connectivity index is 2.09. The van der Waals surface area contributed by atoms with Gasteiger partial charge in [0.1, 0.15) is 0 Å². The minimum atomic E-state index is -5.87. The number of hydrogen-bond donors (Lipinski definition) is 0. The van der Waals surface area contributed by atoms with Crippen molar-refractivity contribution in [3.05, 3.63) is 63.2 Å². The summed E-state index contributed by atoms with van der Waals surface area (Å²) in [5.74, 6) is 0. The van der Waals surface area contributed by atoms with Gasteiger partial charge in [0.25, 0.3) is 0 Å². The average molecular weight is 540 g/mol. The van der Waals surface area contributed by atoms with Crippen LogP contribution < -0.4 is 0 Å². The van der Waals surface area contributed by atoms with Crippen LogP contribution in [-0.4, -0.2) is 20.8 Å². The van der Waals surface area contributed by atoms with E-state index >= 15 is 0 Å². The first-order valence-corrected chi connectivity index (χ1v) is 11.7. The zero-order chi connectivity index (χ0) is 21.0. The van der Waals surface area contributed by atoms with E-state index < -0.39 is 62.8 Å². The molecule has 0 bridgehead atoms.